The summed E-state index contributed by atoms with van der Waals surface area (Å²) in [7, 11) is -1.15. The van der Waals surface area contributed by atoms with E-state index in [0.717, 1.165) is 55.7 Å². The van der Waals surface area contributed by atoms with Crippen molar-refractivity contribution in [1.29, 1.82) is 0 Å². The first kappa shape index (κ1) is 53.8. The van der Waals surface area contributed by atoms with Gasteiger partial charge in [-0.25, -0.2) is 9.59 Å². The Bertz CT molecular complexity index is 2340. The Morgan fingerprint density at radius 3 is 1.84 bits per heavy atom. The van der Waals surface area contributed by atoms with Crippen LogP contribution >= 0.6 is 0 Å². The molecule has 374 valence electrons. The number of hydrogen-bond donors (Lipinski definition) is 3. The highest BCUT2D eigenvalue weighted by Crippen LogP contribution is 2.44. The molecule has 18 heteroatoms. The molecule has 3 amide bonds. The molecule has 2 aliphatic rings. The van der Waals surface area contributed by atoms with Gasteiger partial charge < -0.3 is 48.8 Å². The molecule has 69 heavy (non-hydrogen) atoms. The minimum atomic E-state index is -2.27. The van der Waals surface area contributed by atoms with Crippen molar-refractivity contribution < 1.29 is 66.4 Å². The van der Waals surface area contributed by atoms with Crippen LogP contribution in [0.4, 0.5) is 10.5 Å². The molecule has 1 fully saturated rings. The van der Waals surface area contributed by atoms with E-state index in [2.05, 4.69) is 49.8 Å². The molecule has 1 aliphatic heterocycles. The van der Waals surface area contributed by atoms with E-state index in [1.54, 1.807) is 26.0 Å². The number of ether oxygens (including phenoxy) is 6. The Morgan fingerprint density at radius 2 is 1.29 bits per heavy atom. The van der Waals surface area contributed by atoms with Crippen LogP contribution in [-0.4, -0.2) is 106 Å². The van der Waals surface area contributed by atoms with Gasteiger partial charge in [0.1, 0.15) is 18.7 Å². The van der Waals surface area contributed by atoms with E-state index >= 15 is 0 Å². The van der Waals surface area contributed by atoms with E-state index in [4.69, 9.17) is 32.8 Å². The fourth-order valence-electron chi connectivity index (χ4n) is 8.20. The summed E-state index contributed by atoms with van der Waals surface area (Å²) in [5, 5.41) is 8.19. The summed E-state index contributed by atoms with van der Waals surface area (Å²) in [6.45, 7) is 19.3. The summed E-state index contributed by atoms with van der Waals surface area (Å²) >= 11 is 0. The third-order valence-electron chi connectivity index (χ3n) is 12.9. The number of carbonyl (C=O) groups excluding carboxylic acids is 7. The normalized spacial score (nSPS) is 19.8. The largest absolute Gasteiger partial charge is 0.467 e. The van der Waals surface area contributed by atoms with Crippen molar-refractivity contribution in [2.24, 2.45) is 5.92 Å². The number of nitrogens with one attached hydrogen (secondary N) is 3. The van der Waals surface area contributed by atoms with Crippen molar-refractivity contribution in [3.05, 3.63) is 89.0 Å². The molecule has 0 bridgehead atoms. The Hall–Kier alpha value is -6.11. The van der Waals surface area contributed by atoms with Gasteiger partial charge in [-0.15, -0.1) is 0 Å². The van der Waals surface area contributed by atoms with Crippen molar-refractivity contribution in [3.63, 3.8) is 0 Å². The van der Waals surface area contributed by atoms with E-state index in [0.29, 0.717) is 11.3 Å². The molecule has 0 radical (unpaired) electrons. The van der Waals surface area contributed by atoms with Gasteiger partial charge in [-0.05, 0) is 89.3 Å². The van der Waals surface area contributed by atoms with Gasteiger partial charge in [0.25, 0.3) is 0 Å². The lowest BCUT2D eigenvalue weighted by Crippen LogP contribution is -2.63. The lowest BCUT2D eigenvalue weighted by Gasteiger charge is -2.43. The summed E-state index contributed by atoms with van der Waals surface area (Å²) < 4.78 is 40.1. The lowest BCUT2D eigenvalue weighted by molar-refractivity contribution is -0.249. The van der Waals surface area contributed by atoms with Gasteiger partial charge in [-0.1, -0.05) is 89.2 Å². The van der Waals surface area contributed by atoms with E-state index in [9.17, 15) is 33.6 Å². The first-order valence-corrected chi connectivity index (χ1v) is 26.1. The maximum Gasteiger partial charge on any atom is 0.407 e. The van der Waals surface area contributed by atoms with E-state index in [1.807, 2.05) is 54.6 Å². The number of rotatable bonds is 18. The number of aryl methyl sites for hydroxylation is 1. The van der Waals surface area contributed by atoms with Gasteiger partial charge >= 0.3 is 30.0 Å². The fourth-order valence-corrected chi connectivity index (χ4v) is 9.15. The van der Waals surface area contributed by atoms with Crippen LogP contribution in [0.2, 0.25) is 18.1 Å². The first-order chi connectivity index (χ1) is 32.4. The topological polar surface area (TPSA) is 220 Å². The molecule has 1 aliphatic carbocycles. The number of hydrogen-bond acceptors (Lipinski definition) is 14. The number of carbonyl (C=O) groups is 7. The fraction of sp³-hybridized carbons (Fsp3) is 0.510. The Balaban J connectivity index is 1.32. The van der Waals surface area contributed by atoms with E-state index in [1.165, 1.54) is 6.92 Å². The van der Waals surface area contributed by atoms with E-state index in [-0.39, 0.29) is 42.9 Å². The van der Waals surface area contributed by atoms with Gasteiger partial charge in [0.05, 0.1) is 19.8 Å². The molecule has 1 heterocycles. The van der Waals surface area contributed by atoms with Crippen LogP contribution in [0, 0.1) is 5.92 Å². The molecule has 17 nitrogen and oxygen atoms in total. The average molecular weight is 974 g/mol. The number of fused-ring (bicyclic) bond motifs is 3. The van der Waals surface area contributed by atoms with Gasteiger partial charge in [-0.3, -0.25) is 24.0 Å². The standard InChI is InChI=1S/C51H67N3O14Si/c1-28(2)42(54-50(61)63-27-40-38-19-15-13-17-36(38)37-18-14-16-20-39(37)40)48(59)52-29(3)47(58)53-35-23-21-34(26-64-69(11,12)51(7,8)9)33(25-35)22-24-41-43(65-30(4)55)44(66-31(5)56)45(67-32(6)57)46(68-41)49(60)62-10/h13-21,23,25,28-29,40-46H,22,24,26-27H2,1-12H3,(H,52,59)(H,53,58)(H,54,61)/t29-,41-,42-,43-,44+,45-,46-/m0/s1. The highest BCUT2D eigenvalue weighted by molar-refractivity contribution is 6.74. The quantitative estimate of drug-likeness (QED) is 0.0672. The van der Waals surface area contributed by atoms with Gasteiger partial charge in [0.15, 0.2) is 32.7 Å². The first-order valence-electron chi connectivity index (χ1n) is 23.2. The minimum Gasteiger partial charge on any atom is -0.467 e. The molecule has 7 atom stereocenters. The molecule has 3 aromatic rings. The molecule has 5 rings (SSSR count). The van der Waals surface area contributed by atoms with Crippen molar-refractivity contribution in [2.45, 2.75) is 148 Å². The molecular formula is C51H67N3O14Si. The number of anilines is 1. The maximum absolute atomic E-state index is 13.7. The van der Waals surface area contributed by atoms with Crippen LogP contribution in [0.15, 0.2) is 66.7 Å². The van der Waals surface area contributed by atoms with Gasteiger partial charge in [-0.2, -0.15) is 0 Å². The number of esters is 4. The van der Waals surface area contributed by atoms with Gasteiger partial charge in [0.2, 0.25) is 11.8 Å². The average Bonchev–Trinajstić information content (AvgIpc) is 3.59. The second-order valence-electron chi connectivity index (χ2n) is 19.3. The van der Waals surface area contributed by atoms with Gasteiger partial charge in [0, 0.05) is 32.4 Å². The third-order valence-corrected chi connectivity index (χ3v) is 17.3. The smallest absolute Gasteiger partial charge is 0.407 e. The van der Waals surface area contributed by atoms with Crippen LogP contribution in [0.1, 0.15) is 96.9 Å². The number of benzene rings is 3. The van der Waals surface area contributed by atoms with Crippen LogP contribution < -0.4 is 16.0 Å². The monoisotopic (exact) mass is 973 g/mol. The molecule has 0 aromatic heterocycles. The number of amides is 3. The summed E-state index contributed by atoms with van der Waals surface area (Å²) in [6, 6.07) is 19.2. The predicted molar refractivity (Wildman–Crippen MR) is 257 cm³/mol. The lowest BCUT2D eigenvalue weighted by atomic mass is 9.90. The molecule has 0 saturated carbocycles. The third kappa shape index (κ3) is 13.6. The Kier molecular flexibility index (Phi) is 17.9. The van der Waals surface area contributed by atoms with Crippen molar-refractivity contribution in [3.8, 4) is 11.1 Å². The van der Waals surface area contributed by atoms with Crippen LogP contribution in [0.5, 0.6) is 0 Å². The number of alkyl carbamates (subject to hydrolysis) is 1. The predicted octanol–water partition coefficient (Wildman–Crippen LogP) is 6.88. The molecule has 0 spiro atoms. The molecular weight excluding hydrogens is 907 g/mol. The zero-order valence-electron chi connectivity index (χ0n) is 41.6. The molecule has 3 N–H and O–H groups in total. The Morgan fingerprint density at radius 1 is 0.725 bits per heavy atom. The SMILES string of the molecule is COC(=O)[C@H]1O[C@@H](CCc2cc(NC(=O)[C@H](C)NC(=O)[C@@H](NC(=O)OCC3c4ccccc4-c4ccccc43)C(C)C)ccc2CO[Si](C)(C)C(C)(C)C)[C@H](OC(C)=O)[C@@H](OC(C)=O)[C@@H]1OC(C)=O. The summed E-state index contributed by atoms with van der Waals surface area (Å²) in [5.74, 6) is -4.91. The minimum absolute atomic E-state index is 0.0636. The van der Waals surface area contributed by atoms with Crippen molar-refractivity contribution in [1.82, 2.24) is 10.6 Å². The van der Waals surface area contributed by atoms with Crippen molar-refractivity contribution >= 4 is 55.8 Å². The summed E-state index contributed by atoms with van der Waals surface area (Å²) in [4.78, 5) is 90.8. The highest BCUT2D eigenvalue weighted by atomic mass is 28.4. The van der Waals surface area contributed by atoms with Crippen LogP contribution in [0.25, 0.3) is 11.1 Å². The summed E-state index contributed by atoms with van der Waals surface area (Å²) in [5.41, 5.74) is 6.13. The summed E-state index contributed by atoms with van der Waals surface area (Å²) in [6.07, 6.45) is -7.39. The van der Waals surface area contributed by atoms with Crippen molar-refractivity contribution in [2.75, 3.05) is 19.0 Å². The number of methoxy groups -OCH3 is 1. The highest BCUT2D eigenvalue weighted by Gasteiger charge is 2.54. The molecule has 1 saturated heterocycles. The van der Waals surface area contributed by atoms with E-state index < -0.39 is 92.7 Å². The maximum atomic E-state index is 13.7. The van der Waals surface area contributed by atoms with Crippen LogP contribution in [-0.2, 0) is 74.6 Å². The van der Waals surface area contributed by atoms with Crippen LogP contribution in [0.3, 0.4) is 0 Å². The molecule has 3 aromatic carbocycles. The second kappa shape index (κ2) is 23.0. The Labute approximate surface area is 405 Å². The molecule has 0 unspecified atom stereocenters. The second-order valence-corrected chi connectivity index (χ2v) is 24.1. The zero-order valence-corrected chi connectivity index (χ0v) is 42.6. The zero-order chi connectivity index (χ0) is 51.0.